The lowest BCUT2D eigenvalue weighted by Crippen LogP contribution is -2.37. The second-order valence-electron chi connectivity index (χ2n) is 10.2. The van der Waals surface area contributed by atoms with Gasteiger partial charge in [0.25, 0.3) is 0 Å². The first-order chi connectivity index (χ1) is 19.5. The van der Waals surface area contributed by atoms with E-state index in [1.165, 1.54) is 28.5 Å². The van der Waals surface area contributed by atoms with Gasteiger partial charge in [0.05, 0.1) is 5.39 Å². The third-order valence-corrected chi connectivity index (χ3v) is 7.22. The maximum Gasteiger partial charge on any atom is 0.573 e. The Balaban J connectivity index is 1.43. The summed E-state index contributed by atoms with van der Waals surface area (Å²) in [6, 6.07) is 13.3. The van der Waals surface area contributed by atoms with Crippen LogP contribution in [0.3, 0.4) is 0 Å². The number of hydrogen-bond acceptors (Lipinski definition) is 7. The number of nitrogens with one attached hydrogen (secondary N) is 1. The molecule has 41 heavy (non-hydrogen) atoms. The fraction of sp³-hybridized carbons (Fsp3) is 0.310. The Bertz CT molecular complexity index is 1610. The van der Waals surface area contributed by atoms with Crippen molar-refractivity contribution in [3.05, 3.63) is 82.3 Å². The molecule has 9 nitrogen and oxygen atoms in total. The minimum atomic E-state index is -4.86. The normalized spacial score (nSPS) is 14.9. The van der Waals surface area contributed by atoms with Crippen molar-refractivity contribution in [1.29, 1.82) is 0 Å². The number of nitrogens with zero attached hydrogens (tertiary/aromatic N) is 4. The number of aromatic carboxylic acids is 1. The van der Waals surface area contributed by atoms with E-state index in [2.05, 4.69) is 50.9 Å². The Labute approximate surface area is 233 Å². The minimum absolute atomic E-state index is 0.0610. The second-order valence-corrected chi connectivity index (χ2v) is 10.2. The summed E-state index contributed by atoms with van der Waals surface area (Å²) in [6.45, 7) is 6.56. The van der Waals surface area contributed by atoms with Crippen molar-refractivity contribution < 1.29 is 27.8 Å². The highest BCUT2D eigenvalue weighted by Gasteiger charge is 2.31. The summed E-state index contributed by atoms with van der Waals surface area (Å²) >= 11 is 0. The molecule has 0 bridgehead atoms. The molecule has 2 aromatic heterocycles. The monoisotopic (exact) mass is 567 g/mol. The molecule has 12 heteroatoms. The van der Waals surface area contributed by atoms with E-state index >= 15 is 0 Å². The molecule has 5 rings (SSSR count). The first-order valence-corrected chi connectivity index (χ1v) is 13.1. The molecule has 2 N–H and O–H groups in total. The second kappa shape index (κ2) is 11.2. The number of alkyl halides is 3. The van der Waals surface area contributed by atoms with E-state index in [1.54, 1.807) is 0 Å². The predicted octanol–water partition coefficient (Wildman–Crippen LogP) is 5.71. The van der Waals surface area contributed by atoms with Crippen LogP contribution in [0.4, 0.5) is 24.8 Å². The number of carbonyl (C=O) groups is 1. The number of rotatable bonds is 7. The van der Waals surface area contributed by atoms with E-state index in [1.807, 2.05) is 12.1 Å². The number of hydrogen-bond donors (Lipinski definition) is 2. The molecule has 3 heterocycles. The fourth-order valence-electron chi connectivity index (χ4n) is 5.05. The van der Waals surface area contributed by atoms with Crippen molar-refractivity contribution >= 4 is 28.6 Å². The lowest BCUT2D eigenvalue weighted by Gasteiger charge is -2.34. The number of aromatic nitrogens is 3. The standard InChI is InChI=1S/C29H28F3N5O4/c1-17(2)36-13-11-19(12-14-36)18-3-5-20(6-4-18)34-28-33-15-23-25(38)24(27(39)40)16-37(26(23)35-28)21-7-9-22(10-8-21)41-29(30,31)32/h3-10,15-17,19H,11-14H2,1-2H3,(H,39,40)(H,33,34,35). The Morgan fingerprint density at radius 3 is 2.32 bits per heavy atom. The summed E-state index contributed by atoms with van der Waals surface area (Å²) in [5, 5.41) is 12.6. The van der Waals surface area contributed by atoms with E-state index in [0.29, 0.717) is 12.0 Å². The number of anilines is 2. The van der Waals surface area contributed by atoms with E-state index < -0.39 is 29.1 Å². The zero-order valence-electron chi connectivity index (χ0n) is 22.4. The lowest BCUT2D eigenvalue weighted by atomic mass is 9.89. The lowest BCUT2D eigenvalue weighted by molar-refractivity contribution is -0.274. The van der Waals surface area contributed by atoms with Crippen LogP contribution in [0.2, 0.25) is 0 Å². The highest BCUT2D eigenvalue weighted by Crippen LogP contribution is 2.30. The van der Waals surface area contributed by atoms with Gasteiger partial charge in [0.15, 0.2) is 5.65 Å². The Morgan fingerprint density at radius 1 is 1.07 bits per heavy atom. The number of likely N-dealkylation sites (tertiary alicyclic amines) is 1. The van der Waals surface area contributed by atoms with Gasteiger partial charge in [-0.15, -0.1) is 13.2 Å². The minimum Gasteiger partial charge on any atom is -0.477 e. The summed E-state index contributed by atoms with van der Waals surface area (Å²) in [6.07, 6.45) is -0.355. The van der Waals surface area contributed by atoms with Crippen LogP contribution in [0, 0.1) is 0 Å². The molecule has 0 saturated carbocycles. The molecular formula is C29H28F3N5O4. The summed E-state index contributed by atoms with van der Waals surface area (Å²) in [7, 11) is 0. The quantitative estimate of drug-likeness (QED) is 0.292. The van der Waals surface area contributed by atoms with Crippen molar-refractivity contribution in [2.45, 2.75) is 45.0 Å². The van der Waals surface area contributed by atoms with Crippen LogP contribution in [0.1, 0.15) is 48.5 Å². The Kier molecular flexibility index (Phi) is 7.68. The zero-order chi connectivity index (χ0) is 29.3. The SMILES string of the molecule is CC(C)N1CCC(c2ccc(Nc3ncc4c(=O)c(C(=O)O)cn(-c5ccc(OC(F)(F)F)cc5)c4n3)cc2)CC1. The highest BCUT2D eigenvalue weighted by molar-refractivity contribution is 5.92. The summed E-state index contributed by atoms with van der Waals surface area (Å²) in [5.74, 6) is -1.26. The molecule has 1 saturated heterocycles. The molecule has 0 unspecified atom stereocenters. The molecule has 0 spiro atoms. The third-order valence-electron chi connectivity index (χ3n) is 7.22. The van der Waals surface area contributed by atoms with Gasteiger partial charge < -0.3 is 24.6 Å². The number of carboxylic acids is 1. The van der Waals surface area contributed by atoms with Crippen LogP contribution < -0.4 is 15.5 Å². The van der Waals surface area contributed by atoms with E-state index in [9.17, 15) is 27.9 Å². The molecule has 4 aromatic rings. The van der Waals surface area contributed by atoms with E-state index in [4.69, 9.17) is 0 Å². The predicted molar refractivity (Wildman–Crippen MR) is 147 cm³/mol. The van der Waals surface area contributed by atoms with Crippen LogP contribution >= 0.6 is 0 Å². The van der Waals surface area contributed by atoms with Gasteiger partial charge in [0.2, 0.25) is 11.4 Å². The number of pyridine rings is 1. The van der Waals surface area contributed by atoms with Crippen LogP contribution in [0.15, 0.2) is 65.7 Å². The fourth-order valence-corrected chi connectivity index (χ4v) is 5.05. The van der Waals surface area contributed by atoms with Crippen LogP contribution in [-0.4, -0.2) is 56.0 Å². The summed E-state index contributed by atoms with van der Waals surface area (Å²) in [4.78, 5) is 35.7. The van der Waals surface area contributed by atoms with Gasteiger partial charge in [-0.05, 0) is 87.7 Å². The molecule has 0 aliphatic carbocycles. The smallest absolute Gasteiger partial charge is 0.477 e. The largest absolute Gasteiger partial charge is 0.573 e. The first-order valence-electron chi connectivity index (χ1n) is 13.1. The maximum absolute atomic E-state index is 12.8. The summed E-state index contributed by atoms with van der Waals surface area (Å²) < 4.78 is 43.0. The molecule has 1 aliphatic rings. The number of halogens is 3. The van der Waals surface area contributed by atoms with Gasteiger partial charge in [-0.25, -0.2) is 9.78 Å². The third kappa shape index (κ3) is 6.32. The van der Waals surface area contributed by atoms with Crippen molar-refractivity contribution in [2.75, 3.05) is 18.4 Å². The Hall–Kier alpha value is -4.45. The van der Waals surface area contributed by atoms with Crippen LogP contribution in [0.25, 0.3) is 16.7 Å². The van der Waals surface area contributed by atoms with Crippen molar-refractivity contribution in [1.82, 2.24) is 19.4 Å². The van der Waals surface area contributed by atoms with E-state index in [0.717, 1.165) is 49.9 Å². The number of benzene rings is 2. The van der Waals surface area contributed by atoms with Gasteiger partial charge in [-0.3, -0.25) is 4.79 Å². The van der Waals surface area contributed by atoms with Crippen molar-refractivity contribution in [2.24, 2.45) is 0 Å². The van der Waals surface area contributed by atoms with Gasteiger partial charge >= 0.3 is 12.3 Å². The van der Waals surface area contributed by atoms with Crippen molar-refractivity contribution in [3.63, 3.8) is 0 Å². The zero-order valence-corrected chi connectivity index (χ0v) is 22.4. The molecule has 0 atom stereocenters. The molecule has 0 radical (unpaired) electrons. The number of carboxylic acid groups (broad SMARTS) is 1. The molecule has 2 aromatic carbocycles. The molecule has 1 fully saturated rings. The molecular weight excluding hydrogens is 539 g/mol. The molecule has 0 amide bonds. The number of fused-ring (bicyclic) bond motifs is 1. The number of piperidine rings is 1. The Morgan fingerprint density at radius 2 is 1.73 bits per heavy atom. The topological polar surface area (TPSA) is 110 Å². The number of ether oxygens (including phenoxy) is 1. The van der Waals surface area contributed by atoms with E-state index in [-0.39, 0.29) is 22.7 Å². The van der Waals surface area contributed by atoms with Gasteiger partial charge in [0, 0.05) is 29.8 Å². The van der Waals surface area contributed by atoms with Gasteiger partial charge in [-0.1, -0.05) is 12.1 Å². The first kappa shape index (κ1) is 28.1. The van der Waals surface area contributed by atoms with Crippen LogP contribution in [-0.2, 0) is 0 Å². The van der Waals surface area contributed by atoms with Crippen LogP contribution in [0.5, 0.6) is 5.75 Å². The summed E-state index contributed by atoms with van der Waals surface area (Å²) in [5.41, 5.74) is 1.01. The average Bonchev–Trinajstić information content (AvgIpc) is 2.93. The average molecular weight is 568 g/mol. The molecule has 214 valence electrons. The van der Waals surface area contributed by atoms with Crippen molar-refractivity contribution in [3.8, 4) is 11.4 Å². The molecule has 1 aliphatic heterocycles. The van der Waals surface area contributed by atoms with Gasteiger partial charge in [0.1, 0.15) is 11.3 Å². The highest BCUT2D eigenvalue weighted by atomic mass is 19.4. The van der Waals surface area contributed by atoms with Gasteiger partial charge in [-0.2, -0.15) is 4.98 Å². The maximum atomic E-state index is 12.8.